The topological polar surface area (TPSA) is 17.1 Å². The van der Waals surface area contributed by atoms with Gasteiger partial charge in [0.15, 0.2) is 5.78 Å². The summed E-state index contributed by atoms with van der Waals surface area (Å²) < 4.78 is 0.943. The molecule has 0 spiro atoms. The third-order valence-electron chi connectivity index (χ3n) is 3.94. The van der Waals surface area contributed by atoms with E-state index in [4.69, 9.17) is 0 Å². The third kappa shape index (κ3) is 3.03. The molecule has 2 unspecified atom stereocenters. The maximum atomic E-state index is 12.6. The fraction of sp³-hybridized carbons (Fsp3) is 0.562. The molecule has 0 aliphatic heterocycles. The lowest BCUT2D eigenvalue weighted by Gasteiger charge is -2.30. The van der Waals surface area contributed by atoms with Gasteiger partial charge in [0.25, 0.3) is 0 Å². The highest BCUT2D eigenvalue weighted by Gasteiger charge is 2.30. The predicted molar refractivity (Wildman–Crippen MR) is 78.9 cm³/mol. The molecule has 0 amide bonds. The Kier molecular flexibility index (Phi) is 4.26. The molecule has 0 saturated heterocycles. The molecule has 0 aromatic heterocycles. The van der Waals surface area contributed by atoms with E-state index in [1.54, 1.807) is 0 Å². The Labute approximate surface area is 118 Å². The lowest BCUT2D eigenvalue weighted by molar-refractivity contribution is 0.0835. The monoisotopic (exact) mass is 308 g/mol. The first-order valence-electron chi connectivity index (χ1n) is 6.77. The number of ketones is 1. The summed E-state index contributed by atoms with van der Waals surface area (Å²) in [6.07, 6.45) is 3.35. The summed E-state index contributed by atoms with van der Waals surface area (Å²) >= 11 is 3.52. The van der Waals surface area contributed by atoms with Gasteiger partial charge >= 0.3 is 0 Å². The van der Waals surface area contributed by atoms with Crippen LogP contribution in [0.2, 0.25) is 0 Å². The number of Topliss-reactive ketones (excluding diaryl/α,β-unsaturated/α-hetero) is 1. The zero-order valence-electron chi connectivity index (χ0n) is 11.4. The average molecular weight is 309 g/mol. The number of carbonyl (C=O) groups excluding carboxylic acids is 1. The van der Waals surface area contributed by atoms with Crippen LogP contribution >= 0.6 is 15.9 Å². The van der Waals surface area contributed by atoms with Crippen LogP contribution in [-0.2, 0) is 0 Å². The van der Waals surface area contributed by atoms with Crippen molar-refractivity contribution in [3.8, 4) is 0 Å². The largest absolute Gasteiger partial charge is 0.294 e. The van der Waals surface area contributed by atoms with Crippen molar-refractivity contribution in [2.24, 2.45) is 17.8 Å². The molecule has 2 heteroatoms. The summed E-state index contributed by atoms with van der Waals surface area (Å²) in [6.45, 7) is 6.57. The number of benzene rings is 1. The van der Waals surface area contributed by atoms with Crippen LogP contribution < -0.4 is 0 Å². The Morgan fingerprint density at radius 2 is 1.78 bits per heavy atom. The molecule has 0 N–H and O–H groups in total. The van der Waals surface area contributed by atoms with Crippen LogP contribution in [0.3, 0.4) is 0 Å². The van der Waals surface area contributed by atoms with Crippen molar-refractivity contribution in [3.63, 3.8) is 0 Å². The minimum absolute atomic E-state index is 0.211. The van der Waals surface area contributed by atoms with Crippen molar-refractivity contribution in [1.82, 2.24) is 0 Å². The van der Waals surface area contributed by atoms with Crippen molar-refractivity contribution < 1.29 is 4.79 Å². The first-order chi connectivity index (χ1) is 8.47. The molecule has 1 saturated carbocycles. The van der Waals surface area contributed by atoms with Crippen LogP contribution in [0.5, 0.6) is 0 Å². The van der Waals surface area contributed by atoms with Gasteiger partial charge in [-0.05, 0) is 55.7 Å². The van der Waals surface area contributed by atoms with E-state index in [-0.39, 0.29) is 5.92 Å². The van der Waals surface area contributed by atoms with E-state index in [1.165, 1.54) is 12.0 Å². The second-order valence-electron chi connectivity index (χ2n) is 5.96. The van der Waals surface area contributed by atoms with Crippen molar-refractivity contribution in [2.75, 3.05) is 0 Å². The highest BCUT2D eigenvalue weighted by molar-refractivity contribution is 9.10. The van der Waals surface area contributed by atoms with E-state index >= 15 is 0 Å². The molecular formula is C16H21BrO. The number of hydrogen-bond acceptors (Lipinski definition) is 1. The number of aryl methyl sites for hydroxylation is 1. The molecule has 2 rings (SSSR count). The normalized spacial score (nSPS) is 28.1. The molecule has 0 heterocycles. The second kappa shape index (κ2) is 5.56. The third-order valence-corrected chi connectivity index (χ3v) is 4.60. The lowest BCUT2D eigenvalue weighted by atomic mass is 9.74. The van der Waals surface area contributed by atoms with Crippen molar-refractivity contribution in [1.29, 1.82) is 0 Å². The minimum atomic E-state index is 0.211. The summed E-state index contributed by atoms with van der Waals surface area (Å²) in [5.74, 6) is 1.88. The summed E-state index contributed by atoms with van der Waals surface area (Å²) in [5.41, 5.74) is 2.04. The zero-order valence-corrected chi connectivity index (χ0v) is 13.0. The number of carbonyl (C=O) groups is 1. The fourth-order valence-electron chi connectivity index (χ4n) is 3.20. The van der Waals surface area contributed by atoms with Gasteiger partial charge in [0.05, 0.1) is 0 Å². The quantitative estimate of drug-likeness (QED) is 0.702. The van der Waals surface area contributed by atoms with Gasteiger partial charge in [-0.2, -0.15) is 0 Å². The van der Waals surface area contributed by atoms with Crippen molar-refractivity contribution >= 4 is 21.7 Å². The molecule has 1 fully saturated rings. The van der Waals surface area contributed by atoms with E-state index in [0.29, 0.717) is 17.6 Å². The van der Waals surface area contributed by atoms with Crippen molar-refractivity contribution in [3.05, 3.63) is 33.8 Å². The molecule has 0 bridgehead atoms. The molecule has 18 heavy (non-hydrogen) atoms. The number of halogens is 1. The lowest BCUT2D eigenvalue weighted by Crippen LogP contribution is -2.26. The van der Waals surface area contributed by atoms with Crippen LogP contribution in [0.15, 0.2) is 22.7 Å². The smallest absolute Gasteiger partial charge is 0.167 e. The molecule has 1 nitrogen and oxygen atoms in total. The fourth-order valence-corrected chi connectivity index (χ4v) is 3.89. The van der Waals surface area contributed by atoms with Gasteiger partial charge in [-0.1, -0.05) is 35.8 Å². The Morgan fingerprint density at radius 3 is 2.33 bits per heavy atom. The van der Waals surface area contributed by atoms with Gasteiger partial charge in [0.1, 0.15) is 0 Å². The first kappa shape index (κ1) is 13.8. The molecule has 98 valence electrons. The molecule has 1 aromatic rings. The maximum absolute atomic E-state index is 12.6. The standard InChI is InChI=1S/C16H21BrO/c1-10-4-5-14(15(17)9-10)16(18)13-7-11(2)6-12(3)8-13/h4-5,9,11-13H,6-8H2,1-3H3. The van der Waals surface area contributed by atoms with Crippen LogP contribution in [0, 0.1) is 24.7 Å². The summed E-state index contributed by atoms with van der Waals surface area (Å²) in [4.78, 5) is 12.6. The average Bonchev–Trinajstić information content (AvgIpc) is 2.26. The molecule has 2 atom stereocenters. The van der Waals surface area contributed by atoms with Gasteiger partial charge in [-0.25, -0.2) is 0 Å². The maximum Gasteiger partial charge on any atom is 0.167 e. The van der Waals surface area contributed by atoms with Crippen LogP contribution in [0.1, 0.15) is 49.0 Å². The first-order valence-corrected chi connectivity index (χ1v) is 7.57. The van der Waals surface area contributed by atoms with Crippen LogP contribution in [0.25, 0.3) is 0 Å². The number of rotatable bonds is 2. The highest BCUT2D eigenvalue weighted by atomic mass is 79.9. The Morgan fingerprint density at radius 1 is 1.17 bits per heavy atom. The summed E-state index contributed by atoms with van der Waals surface area (Å²) in [6, 6.07) is 6.02. The minimum Gasteiger partial charge on any atom is -0.294 e. The van der Waals surface area contributed by atoms with Crippen LogP contribution in [0.4, 0.5) is 0 Å². The van der Waals surface area contributed by atoms with Gasteiger partial charge in [0.2, 0.25) is 0 Å². The van der Waals surface area contributed by atoms with Gasteiger partial charge in [0, 0.05) is 16.0 Å². The Bertz CT molecular complexity index is 442. The van der Waals surface area contributed by atoms with E-state index in [0.717, 1.165) is 22.9 Å². The van der Waals surface area contributed by atoms with Crippen LogP contribution in [-0.4, -0.2) is 5.78 Å². The Hall–Kier alpha value is -0.630. The molecule has 0 radical (unpaired) electrons. The van der Waals surface area contributed by atoms with E-state index in [1.807, 2.05) is 25.1 Å². The number of hydrogen-bond donors (Lipinski definition) is 0. The molecule has 1 aliphatic rings. The zero-order chi connectivity index (χ0) is 13.3. The SMILES string of the molecule is Cc1ccc(C(=O)C2CC(C)CC(C)C2)c(Br)c1. The molecular weight excluding hydrogens is 288 g/mol. The molecule has 1 aliphatic carbocycles. The van der Waals surface area contributed by atoms with Crippen molar-refractivity contribution in [2.45, 2.75) is 40.0 Å². The van der Waals surface area contributed by atoms with E-state index < -0.39 is 0 Å². The van der Waals surface area contributed by atoms with Gasteiger partial charge < -0.3 is 0 Å². The van der Waals surface area contributed by atoms with Gasteiger partial charge in [-0.15, -0.1) is 0 Å². The van der Waals surface area contributed by atoms with Gasteiger partial charge in [-0.3, -0.25) is 4.79 Å². The summed E-state index contributed by atoms with van der Waals surface area (Å²) in [5, 5.41) is 0. The van der Waals surface area contributed by atoms with E-state index in [9.17, 15) is 4.79 Å². The molecule has 1 aromatic carbocycles. The van der Waals surface area contributed by atoms with E-state index in [2.05, 4.69) is 29.8 Å². The summed E-state index contributed by atoms with van der Waals surface area (Å²) in [7, 11) is 0. The predicted octanol–water partition coefficient (Wildman–Crippen LogP) is 5.01. The second-order valence-corrected chi connectivity index (χ2v) is 6.82. The Balaban J connectivity index is 2.20. The highest BCUT2D eigenvalue weighted by Crippen LogP contribution is 2.35.